The van der Waals surface area contributed by atoms with Crippen molar-refractivity contribution < 1.29 is 14.3 Å². The van der Waals surface area contributed by atoms with Crippen molar-refractivity contribution in [3.63, 3.8) is 0 Å². The molecule has 0 spiro atoms. The summed E-state index contributed by atoms with van der Waals surface area (Å²) in [6.45, 7) is 4.13. The molecular formula is C28H31AsO3. The van der Waals surface area contributed by atoms with Gasteiger partial charge < -0.3 is 0 Å². The van der Waals surface area contributed by atoms with Crippen molar-refractivity contribution in [1.82, 2.24) is 0 Å². The number of hydrogen-bond acceptors (Lipinski definition) is 3. The number of unbranched alkanes of at least 4 members (excludes halogenated alkanes) is 2. The first-order chi connectivity index (χ1) is 15.7. The van der Waals surface area contributed by atoms with Gasteiger partial charge in [0.1, 0.15) is 0 Å². The molecule has 0 saturated heterocycles. The Bertz CT molecular complexity index is 970. The van der Waals surface area contributed by atoms with Gasteiger partial charge in [-0.3, -0.25) is 0 Å². The molecular weight excluding hydrogens is 459 g/mol. The van der Waals surface area contributed by atoms with Crippen LogP contribution in [0.3, 0.4) is 0 Å². The second kappa shape index (κ2) is 11.7. The van der Waals surface area contributed by atoms with Crippen LogP contribution in [0.4, 0.5) is 0 Å². The van der Waals surface area contributed by atoms with Crippen LogP contribution in [0.1, 0.15) is 39.5 Å². The van der Waals surface area contributed by atoms with E-state index in [9.17, 15) is 9.59 Å². The van der Waals surface area contributed by atoms with Crippen LogP contribution in [-0.2, 0) is 14.3 Å². The fourth-order valence-corrected chi connectivity index (χ4v) is 13.2. The number of hydrogen-bond donors (Lipinski definition) is 0. The molecule has 3 rings (SSSR count). The molecule has 0 aliphatic carbocycles. The summed E-state index contributed by atoms with van der Waals surface area (Å²) in [5, 5.41) is 0. The van der Waals surface area contributed by atoms with Crippen molar-refractivity contribution >= 4 is 42.2 Å². The number of ketones is 1. The van der Waals surface area contributed by atoms with Crippen LogP contribution in [0.2, 0.25) is 0 Å². The molecule has 0 fully saturated rings. The second-order valence-corrected chi connectivity index (χ2v) is 14.6. The molecule has 0 unspecified atom stereocenters. The van der Waals surface area contributed by atoms with Gasteiger partial charge in [0.05, 0.1) is 0 Å². The number of benzene rings is 3. The van der Waals surface area contributed by atoms with Crippen molar-refractivity contribution in [2.24, 2.45) is 0 Å². The molecule has 0 heterocycles. The van der Waals surface area contributed by atoms with E-state index in [4.69, 9.17) is 4.74 Å². The molecule has 0 aliphatic rings. The van der Waals surface area contributed by atoms with E-state index in [2.05, 4.69) is 43.3 Å². The molecule has 0 atom stereocenters. The number of esters is 1. The summed E-state index contributed by atoms with van der Waals surface area (Å²) < 4.78 is 9.01. The van der Waals surface area contributed by atoms with Gasteiger partial charge in [0.2, 0.25) is 0 Å². The summed E-state index contributed by atoms with van der Waals surface area (Å²) in [5.41, 5.74) is 0. The predicted octanol–water partition coefficient (Wildman–Crippen LogP) is 3.62. The molecule has 166 valence electrons. The molecule has 3 nitrogen and oxygen atoms in total. The average molecular weight is 490 g/mol. The molecule has 4 heteroatoms. The van der Waals surface area contributed by atoms with Crippen LogP contribution in [-0.4, -0.2) is 35.8 Å². The van der Waals surface area contributed by atoms with Crippen LogP contribution >= 0.6 is 0 Å². The molecule has 0 amide bonds. The van der Waals surface area contributed by atoms with E-state index >= 15 is 0 Å². The van der Waals surface area contributed by atoms with Gasteiger partial charge in [-0.25, -0.2) is 0 Å². The van der Waals surface area contributed by atoms with E-state index in [-0.39, 0.29) is 12.4 Å². The number of rotatable bonds is 10. The molecule has 0 radical (unpaired) electrons. The average Bonchev–Trinajstić information content (AvgIpc) is 2.84. The SMILES string of the molecule is CCCCCC(=O)C(C(=O)OCC)=[As](c1ccccc1)(c1ccccc1)c1ccccc1. The summed E-state index contributed by atoms with van der Waals surface area (Å²) >= 11 is -3.69. The van der Waals surface area contributed by atoms with Crippen molar-refractivity contribution in [2.75, 3.05) is 6.61 Å². The zero-order chi connectivity index (χ0) is 22.8. The zero-order valence-corrected chi connectivity index (χ0v) is 20.7. The minimum absolute atomic E-state index is 0.0824. The number of carbonyl (C=O) groups is 2. The van der Waals surface area contributed by atoms with Crippen molar-refractivity contribution in [2.45, 2.75) is 39.5 Å². The second-order valence-electron chi connectivity index (χ2n) is 7.63. The van der Waals surface area contributed by atoms with E-state index in [0.29, 0.717) is 10.7 Å². The van der Waals surface area contributed by atoms with Gasteiger partial charge in [-0.05, 0) is 0 Å². The Labute approximate surface area is 193 Å². The molecule has 3 aromatic rings. The van der Waals surface area contributed by atoms with Gasteiger partial charge in [0, 0.05) is 0 Å². The van der Waals surface area contributed by atoms with Crippen LogP contribution < -0.4 is 13.1 Å². The van der Waals surface area contributed by atoms with E-state index < -0.39 is 19.1 Å². The Hall–Kier alpha value is -2.77. The quantitative estimate of drug-likeness (QED) is 0.189. The van der Waals surface area contributed by atoms with E-state index in [1.807, 2.05) is 54.6 Å². The minimum atomic E-state index is -3.69. The third-order valence-electron chi connectivity index (χ3n) is 5.51. The third-order valence-corrected chi connectivity index (χ3v) is 14.6. The van der Waals surface area contributed by atoms with Crippen LogP contribution in [0.5, 0.6) is 0 Å². The van der Waals surface area contributed by atoms with E-state index in [1.54, 1.807) is 6.92 Å². The molecule has 0 aliphatic heterocycles. The van der Waals surface area contributed by atoms with Gasteiger partial charge in [-0.2, -0.15) is 0 Å². The molecule has 3 aromatic carbocycles. The van der Waals surface area contributed by atoms with Gasteiger partial charge >= 0.3 is 194 Å². The first-order valence-corrected chi connectivity index (χ1v) is 15.0. The normalized spacial score (nSPS) is 11.1. The Morgan fingerprint density at radius 1 is 0.688 bits per heavy atom. The molecule has 0 bridgehead atoms. The maximum absolute atomic E-state index is 13.8. The Kier molecular flexibility index (Phi) is 8.76. The van der Waals surface area contributed by atoms with Gasteiger partial charge in [0.15, 0.2) is 0 Å². The number of ether oxygens (including phenoxy) is 1. The molecule has 0 N–H and O–H groups in total. The summed E-state index contributed by atoms with van der Waals surface area (Å²) in [7, 11) is 0. The predicted molar refractivity (Wildman–Crippen MR) is 135 cm³/mol. The fraction of sp³-hybridized carbons (Fsp3) is 0.250. The van der Waals surface area contributed by atoms with Crippen molar-refractivity contribution in [1.29, 1.82) is 0 Å². The Morgan fingerprint density at radius 3 is 1.50 bits per heavy atom. The summed E-state index contributed by atoms with van der Waals surface area (Å²) in [6, 6.07) is 30.2. The van der Waals surface area contributed by atoms with Gasteiger partial charge in [0.25, 0.3) is 0 Å². The van der Waals surface area contributed by atoms with Crippen molar-refractivity contribution in [3.8, 4) is 0 Å². The monoisotopic (exact) mass is 490 g/mol. The van der Waals surface area contributed by atoms with Crippen LogP contribution in [0.25, 0.3) is 0 Å². The topological polar surface area (TPSA) is 43.4 Å². The maximum atomic E-state index is 13.8. The Morgan fingerprint density at radius 2 is 1.12 bits per heavy atom. The molecule has 0 saturated carbocycles. The fourth-order valence-electron chi connectivity index (χ4n) is 4.08. The molecule has 0 aromatic heterocycles. The van der Waals surface area contributed by atoms with Gasteiger partial charge in [-0.15, -0.1) is 0 Å². The number of Topliss-reactive ketones (excluding diaryl/α,β-unsaturated/α-hetero) is 1. The first kappa shape index (κ1) is 23.9. The zero-order valence-electron chi connectivity index (χ0n) is 18.9. The standard InChI is InChI=1S/C28H31AsO3/c1-3-5-9-22-26(30)27(28(31)32-4-2)29(23-16-10-6-11-17-23,24-18-12-7-13-19-24)25-20-14-8-15-21-25/h6-8,10-21H,3-5,9,22H2,1-2H3. The van der Waals surface area contributed by atoms with Crippen molar-refractivity contribution in [3.05, 3.63) is 91.0 Å². The number of carbonyl (C=O) groups excluding carboxylic acids is 2. The van der Waals surface area contributed by atoms with Crippen LogP contribution in [0, 0.1) is 0 Å². The summed E-state index contributed by atoms with van der Waals surface area (Å²) in [6.07, 6.45) is 3.11. The summed E-state index contributed by atoms with van der Waals surface area (Å²) in [4.78, 5) is 27.4. The Balaban J connectivity index is 2.50. The van der Waals surface area contributed by atoms with Gasteiger partial charge in [-0.1, -0.05) is 0 Å². The third kappa shape index (κ3) is 5.00. The summed E-state index contributed by atoms with van der Waals surface area (Å²) in [5.74, 6) is -0.556. The first-order valence-electron chi connectivity index (χ1n) is 11.3. The van der Waals surface area contributed by atoms with E-state index in [0.717, 1.165) is 32.3 Å². The van der Waals surface area contributed by atoms with Crippen LogP contribution in [0.15, 0.2) is 91.0 Å². The van der Waals surface area contributed by atoms with E-state index in [1.165, 1.54) is 0 Å². The molecule has 32 heavy (non-hydrogen) atoms.